The smallest absolute Gasteiger partial charge is 0.780 e. The molecule has 0 saturated heterocycles. The van der Waals surface area contributed by atoms with Gasteiger partial charge in [0.1, 0.15) is 24.9 Å². The predicted octanol–water partition coefficient (Wildman–Crippen LogP) is 0.425. The largest absolute Gasteiger partial charge is 1.00 e. The van der Waals surface area contributed by atoms with E-state index in [4.69, 9.17) is 4.74 Å². The zero-order chi connectivity index (χ0) is 23.8. The molecule has 1 heterocycles. The van der Waals surface area contributed by atoms with Gasteiger partial charge in [-0.25, -0.2) is 0 Å². The van der Waals surface area contributed by atoms with Crippen molar-refractivity contribution < 1.29 is 126 Å². The number of phosphoric ester groups is 1. The first-order valence-corrected chi connectivity index (χ1v) is 14.0. The molecular weight excluding hydrogens is 501 g/mol. The Balaban J connectivity index is 0.00000544. The van der Waals surface area contributed by atoms with Crippen molar-refractivity contribution in [1.29, 1.82) is 0 Å². The van der Waals surface area contributed by atoms with Gasteiger partial charge in [-0.05, 0) is 74.1 Å². The number of aryl methyl sites for hydroxylation is 1. The molecule has 1 aromatic carbocycles. The summed E-state index contributed by atoms with van der Waals surface area (Å²) in [7, 11) is -5.04. The maximum Gasteiger partial charge on any atom is 1.00 e. The molecule has 0 saturated carbocycles. The number of fused-ring (bicyclic) bond motifs is 1. The second-order valence-electron chi connectivity index (χ2n) is 10.7. The Labute approximate surface area is 293 Å². The van der Waals surface area contributed by atoms with E-state index in [1.165, 1.54) is 51.0 Å². The molecule has 0 fully saturated rings. The van der Waals surface area contributed by atoms with E-state index in [1.807, 2.05) is 0 Å². The molecule has 34 heavy (non-hydrogen) atoms. The average molecular weight is 545 g/mol. The van der Waals surface area contributed by atoms with E-state index in [9.17, 15) is 14.4 Å². The number of hydrogen-bond acceptors (Lipinski definition) is 5. The van der Waals surface area contributed by atoms with Gasteiger partial charge in [0.2, 0.25) is 0 Å². The van der Waals surface area contributed by atoms with E-state index >= 15 is 0 Å². The van der Waals surface area contributed by atoms with Crippen molar-refractivity contribution in [3.63, 3.8) is 0 Å². The Morgan fingerprint density at radius 1 is 0.971 bits per heavy atom. The summed E-state index contributed by atoms with van der Waals surface area (Å²) in [5, 5.41) is 0. The van der Waals surface area contributed by atoms with E-state index in [0.717, 1.165) is 54.7 Å². The second-order valence-corrected chi connectivity index (χ2v) is 11.8. The third kappa shape index (κ3) is 15.0. The Morgan fingerprint density at radius 2 is 1.53 bits per heavy atom. The molecule has 3 atom stereocenters. The maximum absolute atomic E-state index is 10.8. The Morgan fingerprint density at radius 3 is 2.09 bits per heavy atom. The number of hydrogen-bond donors (Lipinski definition) is 0. The van der Waals surface area contributed by atoms with Crippen molar-refractivity contribution in [2.75, 3.05) is 0 Å². The maximum atomic E-state index is 10.8. The van der Waals surface area contributed by atoms with Gasteiger partial charge in [-0.3, -0.25) is 0 Å². The fourth-order valence-corrected chi connectivity index (χ4v) is 5.10. The van der Waals surface area contributed by atoms with Crippen LogP contribution in [0.25, 0.3) is 0 Å². The third-order valence-corrected chi connectivity index (χ3v) is 7.24. The van der Waals surface area contributed by atoms with Gasteiger partial charge in [0.05, 0.1) is 0 Å². The standard InChI is InChI=1S/C26H45O5P.2K/c1-20(2)9-6-10-21(3)11-7-12-22(4)13-8-17-26(5)18-16-23-19-24(31-32(27,28)29)14-15-25(23)30-26;;/h14-15,19-22H,6-13,16-18H2,1-5H3,(H2,27,28,29);;/q;2*+1/p-2. The van der Waals surface area contributed by atoms with Gasteiger partial charge >= 0.3 is 103 Å². The molecule has 0 aromatic heterocycles. The van der Waals surface area contributed by atoms with E-state index in [1.54, 1.807) is 12.1 Å². The minimum Gasteiger partial charge on any atom is -0.780 e. The van der Waals surface area contributed by atoms with Crippen LogP contribution < -0.4 is 122 Å². The van der Waals surface area contributed by atoms with Crippen molar-refractivity contribution in [3.8, 4) is 11.5 Å². The fraction of sp³-hybridized carbons (Fsp3) is 0.769. The summed E-state index contributed by atoms with van der Waals surface area (Å²) in [5.41, 5.74) is 0.691. The summed E-state index contributed by atoms with van der Waals surface area (Å²) in [4.78, 5) is 21.7. The second kappa shape index (κ2) is 17.8. The zero-order valence-corrected chi connectivity index (χ0v) is 29.9. The molecule has 0 N–H and O–H groups in total. The minimum absolute atomic E-state index is 0. The molecule has 1 aliphatic heterocycles. The van der Waals surface area contributed by atoms with Crippen molar-refractivity contribution >= 4 is 7.82 Å². The molecule has 0 bridgehead atoms. The molecular formula is C26H43K2O5P. The van der Waals surface area contributed by atoms with E-state index < -0.39 is 7.82 Å². The summed E-state index contributed by atoms with van der Waals surface area (Å²) in [6.45, 7) is 11.5. The SMILES string of the molecule is CC(C)CCCC(C)CCCC(C)CCCC1(C)CCc2cc(OP(=O)([O-])[O-])ccc2O1.[K+].[K+]. The van der Waals surface area contributed by atoms with E-state index in [2.05, 4.69) is 39.1 Å². The van der Waals surface area contributed by atoms with Crippen LogP contribution in [0.5, 0.6) is 11.5 Å². The molecule has 0 aliphatic carbocycles. The van der Waals surface area contributed by atoms with Crippen LogP contribution in [-0.4, -0.2) is 5.60 Å². The molecule has 0 amide bonds. The summed E-state index contributed by atoms with van der Waals surface area (Å²) < 4.78 is 21.6. The van der Waals surface area contributed by atoms with E-state index in [0.29, 0.717) is 0 Å². The van der Waals surface area contributed by atoms with Gasteiger partial charge < -0.3 is 23.6 Å². The van der Waals surface area contributed by atoms with Crippen LogP contribution in [0.4, 0.5) is 0 Å². The molecule has 8 heteroatoms. The van der Waals surface area contributed by atoms with Gasteiger partial charge in [0, 0.05) is 0 Å². The Bertz CT molecular complexity index is 755. The Hall–Kier alpha value is 2.24. The quantitative estimate of drug-likeness (QED) is 0.251. The molecule has 3 unspecified atom stereocenters. The van der Waals surface area contributed by atoms with Gasteiger partial charge in [-0.1, -0.05) is 72.6 Å². The molecule has 1 aliphatic rings. The third-order valence-electron chi connectivity index (χ3n) is 6.80. The van der Waals surface area contributed by atoms with Gasteiger partial charge in [0.15, 0.2) is 0 Å². The molecule has 0 spiro atoms. The van der Waals surface area contributed by atoms with Crippen LogP contribution in [0, 0.1) is 17.8 Å². The number of ether oxygens (including phenoxy) is 1. The number of phosphoric acid groups is 1. The van der Waals surface area contributed by atoms with Crippen LogP contribution in [0.15, 0.2) is 18.2 Å². The summed E-state index contributed by atoms with van der Waals surface area (Å²) in [6, 6.07) is 4.80. The normalized spacial score (nSPS) is 19.3. The summed E-state index contributed by atoms with van der Waals surface area (Å²) >= 11 is 0. The van der Waals surface area contributed by atoms with Crippen LogP contribution in [0.1, 0.15) is 104 Å². The number of benzene rings is 1. The van der Waals surface area contributed by atoms with Crippen molar-refractivity contribution in [1.82, 2.24) is 0 Å². The predicted molar refractivity (Wildman–Crippen MR) is 127 cm³/mol. The molecule has 5 nitrogen and oxygen atoms in total. The Kier molecular flexibility index (Phi) is 18.9. The number of rotatable bonds is 14. The molecule has 2 rings (SSSR count). The first-order chi connectivity index (χ1) is 15.0. The van der Waals surface area contributed by atoms with Crippen LogP contribution in [-0.2, 0) is 11.0 Å². The van der Waals surface area contributed by atoms with Crippen LogP contribution >= 0.6 is 7.82 Å². The van der Waals surface area contributed by atoms with Crippen molar-refractivity contribution in [3.05, 3.63) is 23.8 Å². The van der Waals surface area contributed by atoms with Gasteiger partial charge in [0.25, 0.3) is 0 Å². The fourth-order valence-electron chi connectivity index (χ4n) is 4.73. The molecule has 0 radical (unpaired) electrons. The first-order valence-electron chi connectivity index (χ1n) is 12.5. The zero-order valence-electron chi connectivity index (χ0n) is 22.7. The van der Waals surface area contributed by atoms with Crippen molar-refractivity contribution in [2.45, 2.75) is 111 Å². The van der Waals surface area contributed by atoms with Crippen LogP contribution in [0.2, 0.25) is 0 Å². The summed E-state index contributed by atoms with van der Waals surface area (Å²) in [6.07, 6.45) is 13.1. The molecule has 184 valence electrons. The van der Waals surface area contributed by atoms with Crippen LogP contribution in [0.3, 0.4) is 0 Å². The minimum atomic E-state index is -5.04. The molecule has 1 aromatic rings. The first kappa shape index (κ1) is 36.2. The average Bonchev–Trinajstić information content (AvgIpc) is 2.66. The van der Waals surface area contributed by atoms with Gasteiger partial charge in [-0.15, -0.1) is 0 Å². The summed E-state index contributed by atoms with van der Waals surface area (Å²) in [5.74, 6) is 3.23. The van der Waals surface area contributed by atoms with E-state index in [-0.39, 0.29) is 114 Å². The van der Waals surface area contributed by atoms with Gasteiger partial charge in [-0.2, -0.15) is 0 Å². The monoisotopic (exact) mass is 544 g/mol. The topological polar surface area (TPSA) is 81.7 Å². The van der Waals surface area contributed by atoms with Crippen molar-refractivity contribution in [2.24, 2.45) is 17.8 Å².